The number of rotatable bonds is 2. The number of nitrogens with one attached hydrogen (secondary N) is 2. The van der Waals surface area contributed by atoms with Gasteiger partial charge in [-0.15, -0.1) is 0 Å². The van der Waals surface area contributed by atoms with Crippen molar-refractivity contribution in [1.29, 1.82) is 0 Å². The Hall–Kier alpha value is -1.97. The maximum absolute atomic E-state index is 12.6. The molecule has 0 saturated carbocycles. The summed E-state index contributed by atoms with van der Waals surface area (Å²) in [5, 5.41) is 7.30. The van der Waals surface area contributed by atoms with Crippen LogP contribution in [-0.4, -0.2) is 18.4 Å². The lowest BCUT2D eigenvalue weighted by Crippen LogP contribution is -2.56. The normalized spacial score (nSPS) is 30.7. The minimum atomic E-state index is 0.106. The molecule has 2 aliphatic heterocycles. The number of hydrogen-bond donors (Lipinski definition) is 2. The van der Waals surface area contributed by atoms with Gasteiger partial charge in [-0.2, -0.15) is 0 Å². The van der Waals surface area contributed by atoms with Crippen molar-refractivity contribution in [3.05, 3.63) is 71.8 Å². The smallest absolute Gasteiger partial charge is 0.140 e. The molecule has 3 heteroatoms. The summed E-state index contributed by atoms with van der Waals surface area (Å²) in [6.07, 6.45) is 1.56. The Bertz CT molecular complexity index is 669. The molecule has 0 aliphatic carbocycles. The molecule has 0 aromatic heterocycles. The molecule has 2 saturated heterocycles. The summed E-state index contributed by atoms with van der Waals surface area (Å²) in [5.74, 6) is 0.497. The summed E-state index contributed by atoms with van der Waals surface area (Å²) in [6.45, 7) is 0.775. The lowest BCUT2D eigenvalue weighted by atomic mass is 9.78. The largest absolute Gasteiger partial charge is 0.309 e. The van der Waals surface area contributed by atoms with Crippen LogP contribution in [0.2, 0.25) is 0 Å². The summed E-state index contributed by atoms with van der Waals surface area (Å²) in [7, 11) is 0. The van der Waals surface area contributed by atoms with Crippen LogP contribution in [0.3, 0.4) is 0 Å². The molecule has 2 heterocycles. The van der Waals surface area contributed by atoms with Crippen LogP contribution in [0.5, 0.6) is 0 Å². The average molecular weight is 306 g/mol. The third-order valence-corrected chi connectivity index (χ3v) is 5.20. The first-order valence-electron chi connectivity index (χ1n) is 8.43. The van der Waals surface area contributed by atoms with Crippen LogP contribution in [-0.2, 0) is 4.79 Å². The van der Waals surface area contributed by atoms with Crippen LogP contribution in [0.25, 0.3) is 0 Å². The number of carbonyl (C=O) groups is 1. The maximum atomic E-state index is 12.6. The molecule has 3 nitrogen and oxygen atoms in total. The first-order valence-corrected chi connectivity index (χ1v) is 8.43. The summed E-state index contributed by atoms with van der Waals surface area (Å²) in [5.41, 5.74) is 2.52. The number of Topliss-reactive ketones (excluding diaryl/α,β-unsaturated/α-hetero) is 1. The van der Waals surface area contributed by atoms with E-state index in [1.54, 1.807) is 0 Å². The molecule has 0 amide bonds. The molecule has 0 spiro atoms. The van der Waals surface area contributed by atoms with Gasteiger partial charge in [0.15, 0.2) is 0 Å². The molecular weight excluding hydrogens is 284 g/mol. The van der Waals surface area contributed by atoms with E-state index >= 15 is 0 Å². The molecule has 118 valence electrons. The van der Waals surface area contributed by atoms with E-state index in [4.69, 9.17) is 0 Å². The molecule has 0 bridgehead atoms. The van der Waals surface area contributed by atoms with Crippen LogP contribution in [0.4, 0.5) is 0 Å². The number of ketones is 1. The van der Waals surface area contributed by atoms with Crippen molar-refractivity contribution in [1.82, 2.24) is 10.6 Å². The van der Waals surface area contributed by atoms with E-state index in [9.17, 15) is 4.79 Å². The van der Waals surface area contributed by atoms with Gasteiger partial charge in [0.05, 0.1) is 0 Å². The number of fused-ring (bicyclic) bond motifs is 1. The Kier molecular flexibility index (Phi) is 3.98. The molecule has 2 aromatic rings. The maximum Gasteiger partial charge on any atom is 0.140 e. The van der Waals surface area contributed by atoms with Crippen molar-refractivity contribution in [3.8, 4) is 0 Å². The van der Waals surface area contributed by atoms with Gasteiger partial charge in [0, 0.05) is 37.0 Å². The number of hydrogen-bond acceptors (Lipinski definition) is 3. The van der Waals surface area contributed by atoms with Crippen molar-refractivity contribution < 1.29 is 4.79 Å². The van der Waals surface area contributed by atoms with Crippen LogP contribution in [0.15, 0.2) is 60.7 Å². The third-order valence-electron chi connectivity index (χ3n) is 5.20. The van der Waals surface area contributed by atoms with E-state index in [1.807, 2.05) is 24.3 Å². The highest BCUT2D eigenvalue weighted by atomic mass is 16.1. The molecule has 23 heavy (non-hydrogen) atoms. The quantitative estimate of drug-likeness (QED) is 0.896. The highest BCUT2D eigenvalue weighted by Crippen LogP contribution is 2.34. The van der Waals surface area contributed by atoms with Gasteiger partial charge in [0.1, 0.15) is 5.78 Å². The molecule has 4 rings (SSSR count). The van der Waals surface area contributed by atoms with Gasteiger partial charge >= 0.3 is 0 Å². The lowest BCUT2D eigenvalue weighted by Gasteiger charge is -2.43. The fourth-order valence-electron chi connectivity index (χ4n) is 3.94. The van der Waals surface area contributed by atoms with Gasteiger partial charge in [0.2, 0.25) is 0 Å². The zero-order chi connectivity index (χ0) is 15.6. The van der Waals surface area contributed by atoms with Crippen LogP contribution in [0, 0.1) is 5.92 Å². The molecular formula is C20H22N2O. The number of benzene rings is 2. The molecule has 4 atom stereocenters. The monoisotopic (exact) mass is 306 g/mol. The van der Waals surface area contributed by atoms with E-state index in [1.165, 1.54) is 11.1 Å². The van der Waals surface area contributed by atoms with E-state index in [0.717, 1.165) is 13.0 Å². The van der Waals surface area contributed by atoms with E-state index in [0.29, 0.717) is 18.2 Å². The molecule has 2 aromatic carbocycles. The zero-order valence-electron chi connectivity index (χ0n) is 13.1. The predicted molar refractivity (Wildman–Crippen MR) is 91.0 cm³/mol. The van der Waals surface area contributed by atoms with Crippen molar-refractivity contribution in [2.75, 3.05) is 6.54 Å². The van der Waals surface area contributed by atoms with Gasteiger partial charge < -0.3 is 10.6 Å². The number of piperidine rings is 2. The second kappa shape index (κ2) is 6.26. The van der Waals surface area contributed by atoms with Gasteiger partial charge in [0.25, 0.3) is 0 Å². The third kappa shape index (κ3) is 2.94. The first-order chi connectivity index (χ1) is 11.3. The Labute approximate surface area is 137 Å². The summed E-state index contributed by atoms with van der Waals surface area (Å²) in [4.78, 5) is 12.6. The van der Waals surface area contributed by atoms with Crippen molar-refractivity contribution in [3.63, 3.8) is 0 Å². The van der Waals surface area contributed by atoms with Gasteiger partial charge in [-0.05, 0) is 17.5 Å². The average Bonchev–Trinajstić information content (AvgIpc) is 2.63. The second-order valence-electron chi connectivity index (χ2n) is 6.62. The zero-order valence-corrected chi connectivity index (χ0v) is 13.1. The molecule has 2 N–H and O–H groups in total. The van der Waals surface area contributed by atoms with Crippen LogP contribution in [0.1, 0.15) is 36.1 Å². The van der Waals surface area contributed by atoms with E-state index in [-0.39, 0.29) is 18.0 Å². The summed E-state index contributed by atoms with van der Waals surface area (Å²) < 4.78 is 0. The van der Waals surface area contributed by atoms with Crippen LogP contribution < -0.4 is 10.6 Å². The minimum Gasteiger partial charge on any atom is -0.309 e. The first kappa shape index (κ1) is 14.6. The van der Waals surface area contributed by atoms with Crippen LogP contribution >= 0.6 is 0 Å². The molecule has 4 unspecified atom stereocenters. The lowest BCUT2D eigenvalue weighted by molar-refractivity contribution is -0.127. The Morgan fingerprint density at radius 1 is 0.826 bits per heavy atom. The molecule has 0 radical (unpaired) electrons. The van der Waals surface area contributed by atoms with Gasteiger partial charge in [-0.25, -0.2) is 0 Å². The highest BCUT2D eigenvalue weighted by molar-refractivity contribution is 5.84. The van der Waals surface area contributed by atoms with Crippen molar-refractivity contribution >= 4 is 5.78 Å². The molecule has 2 aliphatic rings. The van der Waals surface area contributed by atoms with Gasteiger partial charge in [-0.1, -0.05) is 60.7 Å². The highest BCUT2D eigenvalue weighted by Gasteiger charge is 2.40. The predicted octanol–water partition coefficient (Wildman–Crippen LogP) is 3.01. The minimum absolute atomic E-state index is 0.106. The second-order valence-corrected chi connectivity index (χ2v) is 6.62. The van der Waals surface area contributed by atoms with E-state index < -0.39 is 0 Å². The van der Waals surface area contributed by atoms with E-state index in [2.05, 4.69) is 47.0 Å². The van der Waals surface area contributed by atoms with Crippen molar-refractivity contribution in [2.24, 2.45) is 5.92 Å². The Balaban J connectivity index is 1.53. The topological polar surface area (TPSA) is 41.1 Å². The summed E-state index contributed by atoms with van der Waals surface area (Å²) >= 11 is 0. The number of carbonyl (C=O) groups excluding carboxylic acids is 1. The fourth-order valence-corrected chi connectivity index (χ4v) is 3.94. The van der Waals surface area contributed by atoms with Crippen molar-refractivity contribution in [2.45, 2.75) is 31.0 Å². The standard InChI is InChI=1S/C20H22N2O/c23-20-12-18(15-9-5-2-6-10-15)22-19-11-17(21-13-16(19)20)14-7-3-1-4-8-14/h1-10,16-19,21-22H,11-13H2. The Morgan fingerprint density at radius 3 is 2.09 bits per heavy atom. The molecule has 2 fully saturated rings. The SMILES string of the molecule is O=C1CC(c2ccccc2)NC2CC(c3ccccc3)NCC12. The Morgan fingerprint density at radius 2 is 1.43 bits per heavy atom. The summed E-state index contributed by atoms with van der Waals surface area (Å²) in [6, 6.07) is 21.6. The fraction of sp³-hybridized carbons (Fsp3) is 0.350. The van der Waals surface area contributed by atoms with Gasteiger partial charge in [-0.3, -0.25) is 4.79 Å².